The molecule has 176 valence electrons. The van der Waals surface area contributed by atoms with Crippen LogP contribution in [0.4, 0.5) is 10.5 Å². The van der Waals surface area contributed by atoms with Crippen molar-refractivity contribution in [3.8, 4) is 0 Å². The normalized spacial score (nSPS) is 17.3. The predicted molar refractivity (Wildman–Crippen MR) is 138 cm³/mol. The first-order chi connectivity index (χ1) is 14.4. The van der Waals surface area contributed by atoms with Gasteiger partial charge in [0.25, 0.3) is 0 Å². The molecule has 2 amide bonds. The summed E-state index contributed by atoms with van der Waals surface area (Å²) in [6, 6.07) is 7.67. The number of rotatable bonds is 8. The van der Waals surface area contributed by atoms with Crippen molar-refractivity contribution in [2.75, 3.05) is 45.2 Å². The van der Waals surface area contributed by atoms with Crippen LogP contribution in [0.25, 0.3) is 0 Å². The van der Waals surface area contributed by atoms with Gasteiger partial charge in [-0.15, -0.1) is 24.0 Å². The van der Waals surface area contributed by atoms with Crippen molar-refractivity contribution in [2.24, 2.45) is 10.9 Å². The molecule has 1 heterocycles. The lowest BCUT2D eigenvalue weighted by Gasteiger charge is -2.34. The summed E-state index contributed by atoms with van der Waals surface area (Å²) in [6.07, 6.45) is 0.165. The number of guanidine groups is 1. The van der Waals surface area contributed by atoms with E-state index in [1.165, 1.54) is 0 Å². The molecule has 31 heavy (non-hydrogen) atoms. The van der Waals surface area contributed by atoms with E-state index in [9.17, 15) is 4.79 Å². The van der Waals surface area contributed by atoms with Crippen molar-refractivity contribution >= 4 is 41.7 Å². The largest absolute Gasteiger partial charge is 0.374 e. The van der Waals surface area contributed by atoms with Crippen LogP contribution in [0.3, 0.4) is 0 Å². The van der Waals surface area contributed by atoms with Gasteiger partial charge in [-0.2, -0.15) is 0 Å². The summed E-state index contributed by atoms with van der Waals surface area (Å²) in [5, 5.41) is 12.3. The number of nitrogens with zero attached hydrogens (tertiary/aromatic N) is 2. The highest BCUT2D eigenvalue weighted by atomic mass is 127. The Balaban J connectivity index is 0.00000480. The minimum Gasteiger partial charge on any atom is -0.374 e. The fourth-order valence-corrected chi connectivity index (χ4v) is 3.34. The standard InChI is InChI=1S/C22H38N6O2.HI/c1-16(2)14-28-10-11-30-20(15-28)13-25-21(23-5)24-12-18-6-8-19(9-7-18)27-22(29)26-17(3)4;/h6-9,16-17,20H,10-15H2,1-5H3,(H2,23,24,25)(H2,26,27,29);1H. The quantitative estimate of drug-likeness (QED) is 0.229. The zero-order chi connectivity index (χ0) is 21.9. The summed E-state index contributed by atoms with van der Waals surface area (Å²) < 4.78 is 5.89. The van der Waals surface area contributed by atoms with Gasteiger partial charge in [0.2, 0.25) is 0 Å². The maximum absolute atomic E-state index is 11.8. The SMILES string of the molecule is CN=C(NCc1ccc(NC(=O)NC(C)C)cc1)NCC1CN(CC(C)C)CCO1.I. The Labute approximate surface area is 204 Å². The van der Waals surface area contributed by atoms with Crippen LogP contribution in [-0.2, 0) is 11.3 Å². The molecular weight excluding hydrogens is 507 g/mol. The number of amides is 2. The van der Waals surface area contributed by atoms with Crippen molar-refractivity contribution in [1.29, 1.82) is 0 Å². The Morgan fingerprint density at radius 3 is 2.52 bits per heavy atom. The van der Waals surface area contributed by atoms with E-state index in [4.69, 9.17) is 4.74 Å². The summed E-state index contributed by atoms with van der Waals surface area (Å²) in [7, 11) is 1.77. The molecule has 4 N–H and O–H groups in total. The second-order valence-electron chi connectivity index (χ2n) is 8.40. The van der Waals surface area contributed by atoms with Gasteiger partial charge in [0.15, 0.2) is 5.96 Å². The number of aliphatic imine (C=N–C) groups is 1. The van der Waals surface area contributed by atoms with Gasteiger partial charge in [-0.05, 0) is 37.5 Å². The van der Waals surface area contributed by atoms with Gasteiger partial charge in [-0.25, -0.2) is 4.79 Å². The fraction of sp³-hybridized carbons (Fsp3) is 0.636. The highest BCUT2D eigenvalue weighted by Gasteiger charge is 2.21. The zero-order valence-electron chi connectivity index (χ0n) is 19.4. The van der Waals surface area contributed by atoms with Gasteiger partial charge in [-0.1, -0.05) is 26.0 Å². The van der Waals surface area contributed by atoms with E-state index in [1.807, 2.05) is 38.1 Å². The number of carbonyl (C=O) groups excluding carboxylic acids is 1. The van der Waals surface area contributed by atoms with Crippen LogP contribution < -0.4 is 21.3 Å². The van der Waals surface area contributed by atoms with E-state index in [1.54, 1.807) is 7.05 Å². The molecule has 8 nitrogen and oxygen atoms in total. The van der Waals surface area contributed by atoms with Crippen molar-refractivity contribution in [3.63, 3.8) is 0 Å². The number of hydrogen-bond donors (Lipinski definition) is 4. The summed E-state index contributed by atoms with van der Waals surface area (Å²) in [5.74, 6) is 1.41. The third kappa shape index (κ3) is 11.0. The molecule has 0 bridgehead atoms. The highest BCUT2D eigenvalue weighted by molar-refractivity contribution is 14.0. The van der Waals surface area contributed by atoms with Gasteiger partial charge >= 0.3 is 6.03 Å². The maximum Gasteiger partial charge on any atom is 0.319 e. The van der Waals surface area contributed by atoms with Crippen LogP contribution in [0.5, 0.6) is 0 Å². The summed E-state index contributed by atoms with van der Waals surface area (Å²) >= 11 is 0. The monoisotopic (exact) mass is 546 g/mol. The molecule has 1 aliphatic heterocycles. The van der Waals surface area contributed by atoms with E-state index in [0.717, 1.165) is 50.0 Å². The number of benzene rings is 1. The lowest BCUT2D eigenvalue weighted by molar-refractivity contribution is -0.0284. The van der Waals surface area contributed by atoms with Crippen molar-refractivity contribution in [1.82, 2.24) is 20.9 Å². The molecule has 1 fully saturated rings. The molecule has 0 radical (unpaired) electrons. The van der Waals surface area contributed by atoms with Crippen molar-refractivity contribution in [3.05, 3.63) is 29.8 Å². The maximum atomic E-state index is 11.8. The highest BCUT2D eigenvalue weighted by Crippen LogP contribution is 2.10. The van der Waals surface area contributed by atoms with Crippen LogP contribution in [-0.4, -0.2) is 68.9 Å². The molecule has 9 heteroatoms. The van der Waals surface area contributed by atoms with Gasteiger partial charge in [-0.3, -0.25) is 9.89 Å². The smallest absolute Gasteiger partial charge is 0.319 e. The molecule has 1 aromatic carbocycles. The number of ether oxygens (including phenoxy) is 1. The zero-order valence-corrected chi connectivity index (χ0v) is 21.7. The van der Waals surface area contributed by atoms with Gasteiger partial charge in [0.05, 0.1) is 12.7 Å². The lowest BCUT2D eigenvalue weighted by atomic mass is 10.2. The molecule has 0 aliphatic carbocycles. The minimum atomic E-state index is -0.197. The summed E-state index contributed by atoms with van der Waals surface area (Å²) in [5.41, 5.74) is 1.87. The van der Waals surface area contributed by atoms with Crippen molar-refractivity contribution in [2.45, 2.75) is 46.4 Å². The Morgan fingerprint density at radius 2 is 1.90 bits per heavy atom. The molecular formula is C22H39IN6O2. The number of morpholine rings is 1. The molecule has 0 saturated carbocycles. The van der Waals surface area contributed by atoms with Crippen LogP contribution in [0, 0.1) is 5.92 Å². The molecule has 1 aromatic rings. The fourth-order valence-electron chi connectivity index (χ4n) is 3.34. The molecule has 1 unspecified atom stereocenters. The minimum absolute atomic E-state index is 0. The van der Waals surface area contributed by atoms with E-state index in [0.29, 0.717) is 12.5 Å². The van der Waals surface area contributed by atoms with E-state index in [2.05, 4.69) is 45.0 Å². The van der Waals surface area contributed by atoms with Gasteiger partial charge in [0, 0.05) is 51.5 Å². The molecule has 0 aromatic heterocycles. The number of carbonyl (C=O) groups is 1. The second kappa shape index (κ2) is 14.5. The summed E-state index contributed by atoms with van der Waals surface area (Å²) in [4.78, 5) is 18.5. The Kier molecular flexibility index (Phi) is 12.8. The van der Waals surface area contributed by atoms with Crippen LogP contribution in [0.2, 0.25) is 0 Å². The molecule has 0 spiro atoms. The van der Waals surface area contributed by atoms with E-state index >= 15 is 0 Å². The average Bonchev–Trinajstić information content (AvgIpc) is 2.68. The average molecular weight is 546 g/mol. The first-order valence-electron chi connectivity index (χ1n) is 10.8. The number of nitrogens with one attached hydrogen (secondary N) is 4. The third-order valence-corrected chi connectivity index (χ3v) is 4.66. The molecule has 1 saturated heterocycles. The van der Waals surface area contributed by atoms with E-state index in [-0.39, 0.29) is 42.2 Å². The third-order valence-electron chi connectivity index (χ3n) is 4.66. The Hall–Kier alpha value is -1.59. The first-order valence-corrected chi connectivity index (χ1v) is 10.8. The van der Waals surface area contributed by atoms with E-state index < -0.39 is 0 Å². The van der Waals surface area contributed by atoms with Gasteiger partial charge in [0.1, 0.15) is 0 Å². The van der Waals surface area contributed by atoms with Crippen LogP contribution in [0.15, 0.2) is 29.3 Å². The number of urea groups is 1. The molecule has 2 rings (SSSR count). The predicted octanol–water partition coefficient (Wildman–Crippen LogP) is 2.86. The molecule has 1 atom stereocenters. The summed E-state index contributed by atoms with van der Waals surface area (Å²) in [6.45, 7) is 13.6. The second-order valence-corrected chi connectivity index (χ2v) is 8.40. The topological polar surface area (TPSA) is 90.0 Å². The van der Waals surface area contributed by atoms with Gasteiger partial charge < -0.3 is 26.0 Å². The Morgan fingerprint density at radius 1 is 1.19 bits per heavy atom. The number of halogens is 1. The Bertz CT molecular complexity index is 681. The first kappa shape index (κ1) is 27.4. The number of hydrogen-bond acceptors (Lipinski definition) is 4. The van der Waals surface area contributed by atoms with Crippen LogP contribution >= 0.6 is 24.0 Å². The van der Waals surface area contributed by atoms with Crippen LogP contribution in [0.1, 0.15) is 33.3 Å². The van der Waals surface area contributed by atoms with Crippen molar-refractivity contribution < 1.29 is 9.53 Å². The number of anilines is 1. The lowest BCUT2D eigenvalue weighted by Crippen LogP contribution is -2.50. The molecule has 1 aliphatic rings.